The summed E-state index contributed by atoms with van der Waals surface area (Å²) in [5.74, 6) is 1.43. The van der Waals surface area contributed by atoms with Crippen molar-refractivity contribution in [3.05, 3.63) is 52.5 Å². The van der Waals surface area contributed by atoms with Crippen LogP contribution in [-0.2, 0) is 0 Å². The monoisotopic (exact) mass is 247 g/mol. The van der Waals surface area contributed by atoms with Crippen molar-refractivity contribution >= 4 is 17.3 Å². The van der Waals surface area contributed by atoms with Crippen LogP contribution in [0.15, 0.2) is 36.4 Å². The van der Waals surface area contributed by atoms with Crippen molar-refractivity contribution in [2.45, 2.75) is 13.8 Å². The van der Waals surface area contributed by atoms with E-state index in [1.807, 2.05) is 44.2 Å². The van der Waals surface area contributed by atoms with Gasteiger partial charge in [0.05, 0.1) is 10.7 Å². The molecule has 0 saturated carbocycles. The molecule has 0 atom stereocenters. The lowest BCUT2D eigenvalue weighted by Crippen LogP contribution is -1.95. The minimum absolute atomic E-state index is 0.469. The van der Waals surface area contributed by atoms with Crippen molar-refractivity contribution in [1.82, 2.24) is 0 Å². The highest BCUT2D eigenvalue weighted by atomic mass is 35.5. The summed E-state index contributed by atoms with van der Waals surface area (Å²) in [4.78, 5) is 0. The quantitative estimate of drug-likeness (QED) is 0.802. The number of nitrogens with two attached hydrogens (primary N) is 1. The maximum atomic E-state index is 5.95. The molecule has 0 radical (unpaired) electrons. The number of para-hydroxylation sites is 2. The molecule has 0 fully saturated rings. The van der Waals surface area contributed by atoms with Crippen molar-refractivity contribution in [2.24, 2.45) is 0 Å². The van der Waals surface area contributed by atoms with E-state index < -0.39 is 0 Å². The highest BCUT2D eigenvalue weighted by molar-refractivity contribution is 6.33. The molecule has 2 N–H and O–H groups in total. The van der Waals surface area contributed by atoms with Crippen molar-refractivity contribution in [1.29, 1.82) is 0 Å². The lowest BCUT2D eigenvalue weighted by molar-refractivity contribution is 0.477. The molecule has 2 aromatic carbocycles. The van der Waals surface area contributed by atoms with Gasteiger partial charge in [-0.1, -0.05) is 35.9 Å². The fraction of sp³-hybridized carbons (Fsp3) is 0.143. The molecule has 0 unspecified atom stereocenters. The predicted molar refractivity (Wildman–Crippen MR) is 71.9 cm³/mol. The van der Waals surface area contributed by atoms with Crippen LogP contribution in [0.1, 0.15) is 11.1 Å². The largest absolute Gasteiger partial charge is 0.455 e. The number of ether oxygens (including phenoxy) is 1. The average molecular weight is 248 g/mol. The summed E-state index contributed by atoms with van der Waals surface area (Å²) < 4.78 is 5.84. The smallest absolute Gasteiger partial charge is 0.151 e. The van der Waals surface area contributed by atoms with E-state index in [4.69, 9.17) is 22.1 Å². The molecule has 0 heterocycles. The predicted octanol–water partition coefficient (Wildman–Crippen LogP) is 4.33. The van der Waals surface area contributed by atoms with Crippen molar-refractivity contribution in [3.63, 3.8) is 0 Å². The van der Waals surface area contributed by atoms with Gasteiger partial charge in [0.1, 0.15) is 5.75 Å². The van der Waals surface area contributed by atoms with Gasteiger partial charge in [0.25, 0.3) is 0 Å². The lowest BCUT2D eigenvalue weighted by Gasteiger charge is -2.13. The highest BCUT2D eigenvalue weighted by Crippen LogP contribution is 2.35. The van der Waals surface area contributed by atoms with Crippen molar-refractivity contribution in [3.8, 4) is 11.5 Å². The number of nitrogen functional groups attached to an aromatic ring is 1. The third kappa shape index (κ3) is 2.37. The molecular weight excluding hydrogens is 234 g/mol. The van der Waals surface area contributed by atoms with Crippen LogP contribution in [0, 0.1) is 13.8 Å². The van der Waals surface area contributed by atoms with Gasteiger partial charge in [-0.3, -0.25) is 0 Å². The Balaban J connectivity index is 2.42. The van der Waals surface area contributed by atoms with E-state index in [2.05, 4.69) is 0 Å². The van der Waals surface area contributed by atoms with Crippen molar-refractivity contribution in [2.75, 3.05) is 5.73 Å². The van der Waals surface area contributed by atoms with Crippen LogP contribution in [0.5, 0.6) is 11.5 Å². The summed E-state index contributed by atoms with van der Waals surface area (Å²) >= 11 is 5.95. The molecular formula is C14H14ClNO. The molecule has 0 aliphatic heterocycles. The third-order valence-corrected chi connectivity index (χ3v) is 2.96. The molecule has 2 rings (SSSR count). The van der Waals surface area contributed by atoms with Crippen LogP contribution in [-0.4, -0.2) is 0 Å². The zero-order valence-electron chi connectivity index (χ0n) is 9.83. The maximum absolute atomic E-state index is 5.95. The summed E-state index contributed by atoms with van der Waals surface area (Å²) in [6.45, 7) is 4.01. The number of hydrogen-bond donors (Lipinski definition) is 1. The Labute approximate surface area is 106 Å². The lowest BCUT2D eigenvalue weighted by atomic mass is 10.1. The molecule has 0 amide bonds. The van der Waals surface area contributed by atoms with E-state index in [9.17, 15) is 0 Å². The molecule has 0 aromatic heterocycles. The zero-order valence-corrected chi connectivity index (χ0v) is 10.6. The summed E-state index contributed by atoms with van der Waals surface area (Å²) in [6.07, 6.45) is 0. The molecule has 0 aliphatic rings. The summed E-state index contributed by atoms with van der Waals surface area (Å²) in [7, 11) is 0. The van der Waals surface area contributed by atoms with Gasteiger partial charge in [-0.05, 0) is 37.1 Å². The second-order valence-electron chi connectivity index (χ2n) is 3.97. The minimum Gasteiger partial charge on any atom is -0.455 e. The SMILES string of the molecule is Cc1cccc(C)c1Oc1cccc(Cl)c1N. The van der Waals surface area contributed by atoms with Gasteiger partial charge in [-0.2, -0.15) is 0 Å². The summed E-state index contributed by atoms with van der Waals surface area (Å²) in [5, 5.41) is 0.508. The van der Waals surface area contributed by atoms with Crippen LogP contribution < -0.4 is 10.5 Å². The molecule has 88 valence electrons. The van der Waals surface area contributed by atoms with Crippen LogP contribution >= 0.6 is 11.6 Å². The molecule has 0 spiro atoms. The van der Waals surface area contributed by atoms with Gasteiger partial charge in [0.2, 0.25) is 0 Å². The number of anilines is 1. The topological polar surface area (TPSA) is 35.2 Å². The molecule has 17 heavy (non-hydrogen) atoms. The Hall–Kier alpha value is -1.67. The van der Waals surface area contributed by atoms with Crippen LogP contribution in [0.3, 0.4) is 0 Å². The van der Waals surface area contributed by atoms with Gasteiger partial charge < -0.3 is 10.5 Å². The van der Waals surface area contributed by atoms with E-state index in [0.29, 0.717) is 16.5 Å². The summed E-state index contributed by atoms with van der Waals surface area (Å²) in [6, 6.07) is 11.4. The first-order valence-electron chi connectivity index (χ1n) is 5.37. The first-order valence-corrected chi connectivity index (χ1v) is 5.75. The molecule has 0 aliphatic carbocycles. The van der Waals surface area contributed by atoms with E-state index in [-0.39, 0.29) is 0 Å². The Morgan fingerprint density at radius 1 is 1.00 bits per heavy atom. The standard InChI is InChI=1S/C14H14ClNO/c1-9-5-3-6-10(2)14(9)17-12-8-4-7-11(15)13(12)16/h3-8H,16H2,1-2H3. The van der Waals surface area contributed by atoms with Gasteiger partial charge in [-0.15, -0.1) is 0 Å². The average Bonchev–Trinajstić information content (AvgIpc) is 2.29. The fourth-order valence-electron chi connectivity index (χ4n) is 1.68. The third-order valence-electron chi connectivity index (χ3n) is 2.63. The van der Waals surface area contributed by atoms with Gasteiger partial charge in [0.15, 0.2) is 5.75 Å². The Bertz CT molecular complexity index is 532. The van der Waals surface area contributed by atoms with E-state index in [0.717, 1.165) is 16.9 Å². The first-order chi connectivity index (χ1) is 8.09. The molecule has 2 aromatic rings. The second-order valence-corrected chi connectivity index (χ2v) is 4.38. The Morgan fingerprint density at radius 2 is 1.59 bits per heavy atom. The fourth-order valence-corrected chi connectivity index (χ4v) is 1.84. The normalized spacial score (nSPS) is 10.3. The number of aryl methyl sites for hydroxylation is 2. The Morgan fingerprint density at radius 3 is 2.24 bits per heavy atom. The van der Waals surface area contributed by atoms with Crippen LogP contribution in [0.4, 0.5) is 5.69 Å². The van der Waals surface area contributed by atoms with Crippen LogP contribution in [0.2, 0.25) is 5.02 Å². The van der Waals surface area contributed by atoms with E-state index in [1.165, 1.54) is 0 Å². The highest BCUT2D eigenvalue weighted by Gasteiger charge is 2.08. The van der Waals surface area contributed by atoms with E-state index >= 15 is 0 Å². The number of rotatable bonds is 2. The van der Waals surface area contributed by atoms with Crippen molar-refractivity contribution < 1.29 is 4.74 Å². The zero-order chi connectivity index (χ0) is 12.4. The van der Waals surface area contributed by atoms with Crippen LogP contribution in [0.25, 0.3) is 0 Å². The molecule has 2 nitrogen and oxygen atoms in total. The number of hydrogen-bond acceptors (Lipinski definition) is 2. The van der Waals surface area contributed by atoms with Gasteiger partial charge in [0, 0.05) is 0 Å². The first kappa shape index (κ1) is 11.8. The Kier molecular flexibility index (Phi) is 3.25. The molecule has 0 saturated heterocycles. The van der Waals surface area contributed by atoms with Gasteiger partial charge >= 0.3 is 0 Å². The van der Waals surface area contributed by atoms with E-state index in [1.54, 1.807) is 6.07 Å². The second kappa shape index (κ2) is 4.68. The minimum atomic E-state index is 0.469. The molecule has 0 bridgehead atoms. The summed E-state index contributed by atoms with van der Waals surface area (Å²) in [5.41, 5.74) is 8.49. The van der Waals surface area contributed by atoms with Gasteiger partial charge in [-0.25, -0.2) is 0 Å². The molecule has 3 heteroatoms. The number of halogens is 1. The number of benzene rings is 2. The maximum Gasteiger partial charge on any atom is 0.151 e.